The standard InChI is InChI=1S/C11H9BrCl2O4/c12-5-11(17-4-9(18-11)10(15)16)7-2-1-6(13)3-8(7)14/h1-3,9H,4-5H2,(H,15,16)/t9-,11+/m0/s1. The molecule has 0 bridgehead atoms. The van der Waals surface area contributed by atoms with E-state index in [0.29, 0.717) is 15.6 Å². The molecule has 7 heteroatoms. The fourth-order valence-electron chi connectivity index (χ4n) is 1.71. The van der Waals surface area contributed by atoms with Crippen LogP contribution < -0.4 is 0 Å². The summed E-state index contributed by atoms with van der Waals surface area (Å²) in [6.07, 6.45) is -1.01. The molecule has 0 amide bonds. The zero-order valence-electron chi connectivity index (χ0n) is 9.03. The molecule has 1 aliphatic rings. The lowest BCUT2D eigenvalue weighted by Crippen LogP contribution is -2.32. The maximum absolute atomic E-state index is 10.9. The largest absolute Gasteiger partial charge is 0.479 e. The molecule has 1 aromatic rings. The monoisotopic (exact) mass is 354 g/mol. The van der Waals surface area contributed by atoms with E-state index in [1.807, 2.05) is 0 Å². The van der Waals surface area contributed by atoms with Crippen LogP contribution >= 0.6 is 39.1 Å². The normalized spacial score (nSPS) is 27.4. The van der Waals surface area contributed by atoms with Crippen LogP contribution in [0.15, 0.2) is 18.2 Å². The van der Waals surface area contributed by atoms with E-state index in [1.54, 1.807) is 18.2 Å². The van der Waals surface area contributed by atoms with Crippen molar-refractivity contribution in [2.45, 2.75) is 11.9 Å². The minimum absolute atomic E-state index is 0.0279. The van der Waals surface area contributed by atoms with Crippen molar-refractivity contribution in [1.29, 1.82) is 0 Å². The van der Waals surface area contributed by atoms with Crippen LogP contribution in [0.5, 0.6) is 0 Å². The molecule has 0 aliphatic carbocycles. The molecule has 1 heterocycles. The minimum Gasteiger partial charge on any atom is -0.479 e. The highest BCUT2D eigenvalue weighted by atomic mass is 79.9. The molecule has 1 saturated heterocycles. The number of aliphatic carboxylic acids is 1. The van der Waals surface area contributed by atoms with Gasteiger partial charge in [-0.25, -0.2) is 4.79 Å². The van der Waals surface area contributed by atoms with E-state index < -0.39 is 17.9 Å². The number of carboxylic acids is 1. The summed E-state index contributed by atoms with van der Waals surface area (Å²) in [5.41, 5.74) is 0.550. The van der Waals surface area contributed by atoms with Crippen LogP contribution in [0.2, 0.25) is 10.0 Å². The Hall–Kier alpha value is -0.330. The van der Waals surface area contributed by atoms with E-state index >= 15 is 0 Å². The van der Waals surface area contributed by atoms with Crippen molar-refractivity contribution in [3.05, 3.63) is 33.8 Å². The van der Waals surface area contributed by atoms with Crippen LogP contribution in [-0.2, 0) is 20.1 Å². The average Bonchev–Trinajstić information content (AvgIpc) is 2.74. The quantitative estimate of drug-likeness (QED) is 0.846. The number of hydrogen-bond donors (Lipinski definition) is 1. The second kappa shape index (κ2) is 5.35. The van der Waals surface area contributed by atoms with Gasteiger partial charge in [0.15, 0.2) is 6.10 Å². The Labute approximate surface area is 122 Å². The van der Waals surface area contributed by atoms with Gasteiger partial charge >= 0.3 is 5.97 Å². The highest BCUT2D eigenvalue weighted by Crippen LogP contribution is 2.40. The second-order valence-corrected chi connectivity index (χ2v) is 5.17. The third-order valence-electron chi connectivity index (χ3n) is 2.59. The summed E-state index contributed by atoms with van der Waals surface area (Å²) in [5.74, 6) is -2.26. The Morgan fingerprint density at radius 3 is 2.78 bits per heavy atom. The molecule has 2 rings (SSSR count). The molecule has 1 aliphatic heterocycles. The Morgan fingerprint density at radius 2 is 2.28 bits per heavy atom. The molecule has 1 N–H and O–H groups in total. The molecule has 0 aromatic heterocycles. The smallest absolute Gasteiger partial charge is 0.335 e. The van der Waals surface area contributed by atoms with Crippen molar-refractivity contribution < 1.29 is 19.4 Å². The number of benzene rings is 1. The maximum Gasteiger partial charge on any atom is 0.335 e. The molecular weight excluding hydrogens is 347 g/mol. The van der Waals surface area contributed by atoms with Crippen molar-refractivity contribution in [2.75, 3.05) is 11.9 Å². The predicted molar refractivity (Wildman–Crippen MR) is 70.4 cm³/mol. The summed E-state index contributed by atoms with van der Waals surface area (Å²) in [5, 5.41) is 10.1. The lowest BCUT2D eigenvalue weighted by atomic mass is 10.1. The molecule has 0 spiro atoms. The van der Waals surface area contributed by atoms with Crippen LogP contribution in [0.3, 0.4) is 0 Å². The molecule has 0 radical (unpaired) electrons. The molecule has 2 atom stereocenters. The molecule has 4 nitrogen and oxygen atoms in total. The molecule has 0 unspecified atom stereocenters. The van der Waals surface area contributed by atoms with Gasteiger partial charge in [0.05, 0.1) is 17.0 Å². The van der Waals surface area contributed by atoms with Gasteiger partial charge in [-0.1, -0.05) is 45.2 Å². The Bertz CT molecular complexity index is 482. The van der Waals surface area contributed by atoms with Gasteiger partial charge in [0, 0.05) is 10.6 Å². The zero-order chi connectivity index (χ0) is 13.3. The summed E-state index contributed by atoms with van der Waals surface area (Å²) < 4.78 is 11.0. The maximum atomic E-state index is 10.9. The first-order valence-corrected chi connectivity index (χ1v) is 6.92. The van der Waals surface area contributed by atoms with Gasteiger partial charge in [0.25, 0.3) is 0 Å². The number of rotatable bonds is 3. The summed E-state index contributed by atoms with van der Waals surface area (Å²) >= 11 is 15.2. The van der Waals surface area contributed by atoms with Crippen molar-refractivity contribution in [1.82, 2.24) is 0 Å². The number of halogens is 3. The van der Waals surface area contributed by atoms with Gasteiger partial charge in [-0.15, -0.1) is 0 Å². The lowest BCUT2D eigenvalue weighted by Gasteiger charge is -2.26. The van der Waals surface area contributed by atoms with Gasteiger partial charge in [-0.3, -0.25) is 0 Å². The lowest BCUT2D eigenvalue weighted by molar-refractivity contribution is -0.173. The second-order valence-electron chi connectivity index (χ2n) is 3.77. The van der Waals surface area contributed by atoms with Crippen LogP contribution in [0, 0.1) is 0 Å². The van der Waals surface area contributed by atoms with Crippen LogP contribution in [0.25, 0.3) is 0 Å². The van der Waals surface area contributed by atoms with E-state index in [4.69, 9.17) is 37.8 Å². The van der Waals surface area contributed by atoms with E-state index in [2.05, 4.69) is 15.9 Å². The summed E-state index contributed by atoms with van der Waals surface area (Å²) in [4.78, 5) is 10.9. The molecule has 18 heavy (non-hydrogen) atoms. The molecule has 0 saturated carbocycles. The third-order valence-corrected chi connectivity index (χ3v) is 3.88. The van der Waals surface area contributed by atoms with Crippen molar-refractivity contribution in [2.24, 2.45) is 0 Å². The van der Waals surface area contributed by atoms with E-state index in [0.717, 1.165) is 0 Å². The van der Waals surface area contributed by atoms with Gasteiger partial charge in [0.1, 0.15) is 0 Å². The summed E-state index contributed by atoms with van der Waals surface area (Å²) in [7, 11) is 0. The highest BCUT2D eigenvalue weighted by molar-refractivity contribution is 9.09. The molecule has 1 fully saturated rings. The minimum atomic E-state index is -1.19. The number of ether oxygens (including phenoxy) is 2. The Balaban J connectivity index is 2.37. The van der Waals surface area contributed by atoms with Crippen LogP contribution in [0.4, 0.5) is 0 Å². The van der Waals surface area contributed by atoms with Crippen molar-refractivity contribution >= 4 is 45.1 Å². The first-order chi connectivity index (χ1) is 8.48. The summed E-state index contributed by atoms with van der Waals surface area (Å²) in [6.45, 7) is -0.0279. The van der Waals surface area contributed by atoms with Crippen molar-refractivity contribution in [3.8, 4) is 0 Å². The Morgan fingerprint density at radius 1 is 1.56 bits per heavy atom. The first kappa shape index (κ1) is 14.1. The number of carboxylic acid groups (broad SMARTS) is 1. The fraction of sp³-hybridized carbons (Fsp3) is 0.364. The number of hydrogen-bond acceptors (Lipinski definition) is 3. The van der Waals surface area contributed by atoms with Gasteiger partial charge in [-0.05, 0) is 12.1 Å². The first-order valence-electron chi connectivity index (χ1n) is 5.04. The molecular formula is C11H9BrCl2O4. The highest BCUT2D eigenvalue weighted by Gasteiger charge is 2.46. The van der Waals surface area contributed by atoms with E-state index in [1.165, 1.54) is 0 Å². The van der Waals surface area contributed by atoms with E-state index in [9.17, 15) is 4.79 Å². The summed E-state index contributed by atoms with van der Waals surface area (Å²) in [6, 6.07) is 4.87. The third kappa shape index (κ3) is 2.51. The SMILES string of the molecule is O=C(O)[C@@H]1CO[C@@](CBr)(c2ccc(Cl)cc2Cl)O1. The number of alkyl halides is 1. The van der Waals surface area contributed by atoms with Gasteiger partial charge in [0.2, 0.25) is 5.79 Å². The van der Waals surface area contributed by atoms with Gasteiger partial charge in [-0.2, -0.15) is 0 Å². The topological polar surface area (TPSA) is 55.8 Å². The van der Waals surface area contributed by atoms with Gasteiger partial charge < -0.3 is 14.6 Å². The number of carbonyl (C=O) groups is 1. The van der Waals surface area contributed by atoms with Crippen LogP contribution in [0.1, 0.15) is 5.56 Å². The fourth-order valence-corrected chi connectivity index (χ4v) is 2.86. The molecule has 98 valence electrons. The zero-order valence-corrected chi connectivity index (χ0v) is 12.1. The van der Waals surface area contributed by atoms with E-state index in [-0.39, 0.29) is 11.9 Å². The predicted octanol–water partition coefficient (Wildman–Crippen LogP) is 3.04. The Kier molecular flexibility index (Phi) is 4.18. The average molecular weight is 356 g/mol. The van der Waals surface area contributed by atoms with Crippen molar-refractivity contribution in [3.63, 3.8) is 0 Å². The van der Waals surface area contributed by atoms with Crippen LogP contribution in [-0.4, -0.2) is 29.1 Å². The molecule has 1 aromatic carbocycles.